The summed E-state index contributed by atoms with van der Waals surface area (Å²) in [5.41, 5.74) is 1.07. The fourth-order valence-electron chi connectivity index (χ4n) is 1.33. The number of pyridine rings is 2. The third kappa shape index (κ3) is 2.78. The van der Waals surface area contributed by atoms with Crippen molar-refractivity contribution in [3.05, 3.63) is 48.4 Å². The van der Waals surface area contributed by atoms with E-state index in [0.717, 1.165) is 0 Å². The Balaban J connectivity index is 2.14. The molecule has 2 N–H and O–H groups in total. The van der Waals surface area contributed by atoms with Crippen LogP contribution in [0.3, 0.4) is 0 Å². The Morgan fingerprint density at radius 3 is 2.65 bits per heavy atom. The predicted molar refractivity (Wildman–Crippen MR) is 66.0 cm³/mol. The van der Waals surface area contributed by atoms with Gasteiger partial charge in [-0.2, -0.15) is 0 Å². The molecule has 0 spiro atoms. The highest BCUT2D eigenvalue weighted by atomic mass is 16.1. The van der Waals surface area contributed by atoms with Crippen LogP contribution in [0.1, 0.15) is 10.5 Å². The highest BCUT2D eigenvalue weighted by Crippen LogP contribution is 2.08. The zero-order chi connectivity index (χ0) is 12.1. The third-order valence-corrected chi connectivity index (χ3v) is 2.18. The molecule has 0 aliphatic rings. The van der Waals surface area contributed by atoms with Gasteiger partial charge in [-0.25, -0.2) is 4.98 Å². The largest absolute Gasteiger partial charge is 0.373 e. The van der Waals surface area contributed by atoms with Crippen molar-refractivity contribution >= 4 is 17.4 Å². The Bertz CT molecular complexity index is 513. The second-order valence-corrected chi connectivity index (χ2v) is 3.35. The minimum absolute atomic E-state index is 0.242. The lowest BCUT2D eigenvalue weighted by molar-refractivity contribution is 0.102. The van der Waals surface area contributed by atoms with E-state index in [1.54, 1.807) is 49.8 Å². The first-order valence-electron chi connectivity index (χ1n) is 5.16. The van der Waals surface area contributed by atoms with Crippen LogP contribution in [-0.2, 0) is 0 Å². The Labute approximate surface area is 98.9 Å². The second-order valence-electron chi connectivity index (χ2n) is 3.35. The average Bonchev–Trinajstić information content (AvgIpc) is 2.40. The van der Waals surface area contributed by atoms with Gasteiger partial charge < -0.3 is 10.6 Å². The van der Waals surface area contributed by atoms with Gasteiger partial charge >= 0.3 is 0 Å². The average molecular weight is 228 g/mol. The number of anilines is 2. The second kappa shape index (κ2) is 5.07. The van der Waals surface area contributed by atoms with Gasteiger partial charge in [-0.1, -0.05) is 6.07 Å². The van der Waals surface area contributed by atoms with Crippen LogP contribution in [0, 0.1) is 0 Å². The number of hydrogen-bond donors (Lipinski definition) is 2. The van der Waals surface area contributed by atoms with E-state index in [9.17, 15) is 4.79 Å². The van der Waals surface area contributed by atoms with Crippen molar-refractivity contribution in [3.63, 3.8) is 0 Å². The van der Waals surface area contributed by atoms with Gasteiger partial charge in [-0.15, -0.1) is 0 Å². The molecule has 0 unspecified atom stereocenters. The van der Waals surface area contributed by atoms with E-state index < -0.39 is 0 Å². The normalized spacial score (nSPS) is 9.71. The van der Waals surface area contributed by atoms with Crippen molar-refractivity contribution in [2.24, 2.45) is 0 Å². The molecule has 2 aromatic rings. The molecule has 0 saturated heterocycles. The molecular formula is C12H12N4O. The molecule has 17 heavy (non-hydrogen) atoms. The van der Waals surface area contributed by atoms with Crippen molar-refractivity contribution in [1.29, 1.82) is 0 Å². The summed E-state index contributed by atoms with van der Waals surface area (Å²) in [6.07, 6.45) is 3.24. The summed E-state index contributed by atoms with van der Waals surface area (Å²) in [5, 5.41) is 5.63. The minimum Gasteiger partial charge on any atom is -0.373 e. The molecule has 86 valence electrons. The molecule has 0 radical (unpaired) electrons. The quantitative estimate of drug-likeness (QED) is 0.840. The molecule has 0 bridgehead atoms. The fraction of sp³-hybridized carbons (Fsp3) is 0.0833. The number of rotatable bonds is 3. The van der Waals surface area contributed by atoms with E-state index in [2.05, 4.69) is 20.6 Å². The van der Waals surface area contributed by atoms with E-state index in [-0.39, 0.29) is 5.91 Å². The lowest BCUT2D eigenvalue weighted by atomic mass is 10.3. The maximum absolute atomic E-state index is 11.9. The first-order valence-corrected chi connectivity index (χ1v) is 5.16. The van der Waals surface area contributed by atoms with Crippen molar-refractivity contribution in [2.75, 3.05) is 17.7 Å². The van der Waals surface area contributed by atoms with E-state index in [0.29, 0.717) is 17.2 Å². The van der Waals surface area contributed by atoms with Gasteiger partial charge in [-0.05, 0) is 24.3 Å². The SMILES string of the molecule is CNc1cccc(C(=O)Nc2ccncc2)n1. The lowest BCUT2D eigenvalue weighted by Crippen LogP contribution is -2.14. The molecule has 2 heterocycles. The number of hydrogen-bond acceptors (Lipinski definition) is 4. The monoisotopic (exact) mass is 228 g/mol. The van der Waals surface area contributed by atoms with Gasteiger partial charge in [0, 0.05) is 25.1 Å². The van der Waals surface area contributed by atoms with Crippen LogP contribution in [0.4, 0.5) is 11.5 Å². The van der Waals surface area contributed by atoms with Crippen molar-refractivity contribution in [3.8, 4) is 0 Å². The van der Waals surface area contributed by atoms with Gasteiger partial charge in [0.25, 0.3) is 5.91 Å². The zero-order valence-electron chi connectivity index (χ0n) is 9.34. The molecule has 2 aromatic heterocycles. The number of nitrogens with zero attached hydrogens (tertiary/aromatic N) is 2. The lowest BCUT2D eigenvalue weighted by Gasteiger charge is -2.05. The highest BCUT2D eigenvalue weighted by molar-refractivity contribution is 6.02. The smallest absolute Gasteiger partial charge is 0.274 e. The third-order valence-electron chi connectivity index (χ3n) is 2.18. The van der Waals surface area contributed by atoms with Crippen LogP contribution in [0.5, 0.6) is 0 Å². The Hall–Kier alpha value is -2.43. The van der Waals surface area contributed by atoms with Crippen molar-refractivity contribution in [2.45, 2.75) is 0 Å². The van der Waals surface area contributed by atoms with Crippen LogP contribution >= 0.6 is 0 Å². The van der Waals surface area contributed by atoms with Crippen LogP contribution in [0.15, 0.2) is 42.7 Å². The van der Waals surface area contributed by atoms with Crippen LogP contribution in [-0.4, -0.2) is 22.9 Å². The van der Waals surface area contributed by atoms with Crippen molar-refractivity contribution in [1.82, 2.24) is 9.97 Å². The maximum atomic E-state index is 11.9. The minimum atomic E-state index is -0.242. The Morgan fingerprint density at radius 2 is 1.94 bits per heavy atom. The summed E-state index contributed by atoms with van der Waals surface area (Å²) in [6, 6.07) is 8.68. The molecule has 5 nitrogen and oxygen atoms in total. The summed E-state index contributed by atoms with van der Waals surface area (Å²) < 4.78 is 0. The first-order chi connectivity index (χ1) is 8.29. The van der Waals surface area contributed by atoms with Crippen LogP contribution < -0.4 is 10.6 Å². The number of amides is 1. The summed E-state index contributed by atoms with van der Waals surface area (Å²) in [4.78, 5) is 19.9. The van der Waals surface area contributed by atoms with E-state index in [1.807, 2.05) is 0 Å². The number of aromatic nitrogens is 2. The number of carbonyl (C=O) groups is 1. The predicted octanol–water partition coefficient (Wildman–Crippen LogP) is 1.77. The van der Waals surface area contributed by atoms with Gasteiger partial charge in [-0.3, -0.25) is 9.78 Å². The summed E-state index contributed by atoms with van der Waals surface area (Å²) in [6.45, 7) is 0. The van der Waals surface area contributed by atoms with Gasteiger partial charge in [0.05, 0.1) is 0 Å². The molecule has 0 saturated carbocycles. The Kier molecular flexibility index (Phi) is 3.30. The first kappa shape index (κ1) is 11.1. The summed E-state index contributed by atoms with van der Waals surface area (Å²) in [7, 11) is 1.76. The Morgan fingerprint density at radius 1 is 1.18 bits per heavy atom. The van der Waals surface area contributed by atoms with Crippen LogP contribution in [0.2, 0.25) is 0 Å². The molecular weight excluding hydrogens is 216 g/mol. The molecule has 0 aliphatic carbocycles. The maximum Gasteiger partial charge on any atom is 0.274 e. The van der Waals surface area contributed by atoms with E-state index in [4.69, 9.17) is 0 Å². The fourth-order valence-corrected chi connectivity index (χ4v) is 1.33. The van der Waals surface area contributed by atoms with Gasteiger partial charge in [0.15, 0.2) is 0 Å². The molecule has 1 amide bonds. The van der Waals surface area contributed by atoms with Gasteiger partial charge in [0.1, 0.15) is 11.5 Å². The summed E-state index contributed by atoms with van der Waals surface area (Å²) in [5.74, 6) is 0.417. The van der Waals surface area contributed by atoms with Crippen molar-refractivity contribution < 1.29 is 4.79 Å². The topological polar surface area (TPSA) is 66.9 Å². The standard InChI is InChI=1S/C12H12N4O/c1-13-11-4-2-3-10(16-11)12(17)15-9-5-7-14-8-6-9/h2-8H,1H3,(H,13,16)(H,14,15,17). The number of nitrogens with one attached hydrogen (secondary N) is 2. The molecule has 0 aliphatic heterocycles. The highest BCUT2D eigenvalue weighted by Gasteiger charge is 2.07. The molecule has 5 heteroatoms. The zero-order valence-corrected chi connectivity index (χ0v) is 9.34. The van der Waals surface area contributed by atoms with E-state index in [1.165, 1.54) is 0 Å². The van der Waals surface area contributed by atoms with Crippen LogP contribution in [0.25, 0.3) is 0 Å². The van der Waals surface area contributed by atoms with Gasteiger partial charge in [0.2, 0.25) is 0 Å². The van der Waals surface area contributed by atoms with E-state index >= 15 is 0 Å². The molecule has 2 rings (SSSR count). The number of carbonyl (C=O) groups excluding carboxylic acids is 1. The molecule has 0 aromatic carbocycles. The molecule has 0 atom stereocenters. The summed E-state index contributed by atoms with van der Waals surface area (Å²) >= 11 is 0. The molecule has 0 fully saturated rings.